The zero-order chi connectivity index (χ0) is 12.3. The van der Waals surface area contributed by atoms with E-state index in [4.69, 9.17) is 5.73 Å². The van der Waals surface area contributed by atoms with E-state index in [1.165, 1.54) is 18.4 Å². The number of halogens is 2. The van der Waals surface area contributed by atoms with Crippen molar-refractivity contribution in [1.82, 2.24) is 0 Å². The molecule has 94 valence electrons. The zero-order valence-corrected chi connectivity index (χ0v) is 10.5. The molecule has 0 atom stereocenters. The van der Waals surface area contributed by atoms with Gasteiger partial charge in [-0.3, -0.25) is 0 Å². The van der Waals surface area contributed by atoms with Crippen LogP contribution in [0.25, 0.3) is 0 Å². The maximum Gasteiger partial charge on any atom is 0.288 e. The first-order chi connectivity index (χ1) is 8.16. The Labute approximate surface area is 105 Å². The van der Waals surface area contributed by atoms with E-state index in [1.54, 1.807) is 12.1 Å². The van der Waals surface area contributed by atoms with Gasteiger partial charge in [0.05, 0.1) is 0 Å². The Bertz CT molecular complexity index is 358. The number of rotatable bonds is 4. The van der Waals surface area contributed by atoms with Crippen molar-refractivity contribution in [1.29, 1.82) is 0 Å². The quantitative estimate of drug-likeness (QED) is 0.831. The summed E-state index contributed by atoms with van der Waals surface area (Å²) in [7, 11) is 0. The van der Waals surface area contributed by atoms with E-state index in [-0.39, 0.29) is 5.41 Å². The topological polar surface area (TPSA) is 26.0 Å². The lowest BCUT2D eigenvalue weighted by Crippen LogP contribution is -2.31. The Balaban J connectivity index is 2.16. The molecule has 4 heteroatoms. The highest BCUT2D eigenvalue weighted by Gasteiger charge is 2.33. The summed E-state index contributed by atoms with van der Waals surface area (Å²) in [5.41, 5.74) is 7.19. The number of hydrogen-bond donors (Lipinski definition) is 1. The van der Waals surface area contributed by atoms with Gasteiger partial charge in [0.1, 0.15) is 0 Å². The van der Waals surface area contributed by atoms with Crippen LogP contribution in [0.5, 0.6) is 0 Å². The third-order valence-electron chi connectivity index (χ3n) is 3.64. The van der Waals surface area contributed by atoms with Crippen molar-refractivity contribution in [2.24, 2.45) is 5.73 Å². The molecule has 0 aromatic heterocycles. The maximum atomic E-state index is 12.2. The lowest BCUT2D eigenvalue weighted by atomic mass is 9.79. The van der Waals surface area contributed by atoms with E-state index < -0.39 is 5.76 Å². The van der Waals surface area contributed by atoms with Gasteiger partial charge in [-0.1, -0.05) is 36.7 Å². The first-order valence-electron chi connectivity index (χ1n) is 5.92. The number of alkyl halides is 2. The molecule has 1 fully saturated rings. The predicted molar refractivity (Wildman–Crippen MR) is 67.5 cm³/mol. The van der Waals surface area contributed by atoms with E-state index in [1.807, 2.05) is 12.1 Å². The lowest BCUT2D eigenvalue weighted by Gasteiger charge is -2.28. The van der Waals surface area contributed by atoms with Gasteiger partial charge in [-0.25, -0.2) is 0 Å². The van der Waals surface area contributed by atoms with Crippen LogP contribution < -0.4 is 5.73 Å². The summed E-state index contributed by atoms with van der Waals surface area (Å²) in [6.45, 7) is 0.647. The van der Waals surface area contributed by atoms with Crippen molar-refractivity contribution in [2.45, 2.75) is 41.8 Å². The van der Waals surface area contributed by atoms with Crippen molar-refractivity contribution < 1.29 is 8.78 Å². The summed E-state index contributed by atoms with van der Waals surface area (Å²) in [5, 5.41) is 0. The molecule has 1 aliphatic rings. The van der Waals surface area contributed by atoms with E-state index in [9.17, 15) is 8.78 Å². The van der Waals surface area contributed by atoms with Crippen LogP contribution in [0, 0.1) is 0 Å². The molecule has 1 aliphatic carbocycles. The Kier molecular flexibility index (Phi) is 4.05. The molecule has 2 rings (SSSR count). The van der Waals surface area contributed by atoms with Gasteiger partial charge in [-0.2, -0.15) is 8.78 Å². The molecule has 2 N–H and O–H groups in total. The molecular weight excluding hydrogens is 240 g/mol. The third kappa shape index (κ3) is 2.80. The summed E-state index contributed by atoms with van der Waals surface area (Å²) >= 11 is 0.592. The highest BCUT2D eigenvalue weighted by molar-refractivity contribution is 7.99. The molecular formula is C13H17F2NS. The average molecular weight is 257 g/mol. The fourth-order valence-electron chi connectivity index (χ4n) is 2.65. The molecule has 17 heavy (non-hydrogen) atoms. The molecule has 0 unspecified atom stereocenters. The summed E-state index contributed by atoms with van der Waals surface area (Å²) in [4.78, 5) is 0.619. The van der Waals surface area contributed by atoms with Crippen LogP contribution in [0.1, 0.15) is 31.2 Å². The predicted octanol–water partition coefficient (Wildman–Crippen LogP) is 3.77. The smallest absolute Gasteiger partial charge is 0.288 e. The standard InChI is InChI=1S/C13H17F2NS/c14-12(15)17-11-5-3-10(4-6-11)13(9-16)7-1-2-8-13/h3-6,12H,1-2,7-9,16H2. The van der Waals surface area contributed by atoms with Crippen LogP contribution in [0.3, 0.4) is 0 Å². The molecule has 1 nitrogen and oxygen atoms in total. The highest BCUT2D eigenvalue weighted by atomic mass is 32.2. The monoisotopic (exact) mass is 257 g/mol. The van der Waals surface area contributed by atoms with Crippen molar-refractivity contribution in [3.8, 4) is 0 Å². The van der Waals surface area contributed by atoms with Gasteiger partial charge in [-0.15, -0.1) is 0 Å². The molecule has 1 saturated carbocycles. The van der Waals surface area contributed by atoms with Gasteiger partial charge in [0.15, 0.2) is 0 Å². The van der Waals surface area contributed by atoms with Crippen LogP contribution in [0.2, 0.25) is 0 Å². The van der Waals surface area contributed by atoms with Gasteiger partial charge < -0.3 is 5.73 Å². The van der Waals surface area contributed by atoms with Crippen molar-refractivity contribution >= 4 is 11.8 Å². The van der Waals surface area contributed by atoms with Gasteiger partial charge in [0, 0.05) is 16.9 Å². The van der Waals surface area contributed by atoms with E-state index in [0.717, 1.165) is 12.8 Å². The van der Waals surface area contributed by atoms with Crippen LogP contribution in [0.4, 0.5) is 8.78 Å². The van der Waals surface area contributed by atoms with Crippen LogP contribution in [-0.2, 0) is 5.41 Å². The fraction of sp³-hybridized carbons (Fsp3) is 0.538. The van der Waals surface area contributed by atoms with E-state index in [0.29, 0.717) is 23.2 Å². The normalized spacial score (nSPS) is 18.8. The lowest BCUT2D eigenvalue weighted by molar-refractivity contribution is 0.252. The minimum absolute atomic E-state index is 0.0913. The summed E-state index contributed by atoms with van der Waals surface area (Å²) < 4.78 is 24.4. The first-order valence-corrected chi connectivity index (χ1v) is 6.80. The van der Waals surface area contributed by atoms with Crippen LogP contribution >= 0.6 is 11.8 Å². The second kappa shape index (κ2) is 5.36. The Morgan fingerprint density at radius 3 is 2.24 bits per heavy atom. The Morgan fingerprint density at radius 1 is 1.18 bits per heavy atom. The van der Waals surface area contributed by atoms with Crippen LogP contribution in [0.15, 0.2) is 29.2 Å². The molecule has 0 amide bonds. The number of hydrogen-bond acceptors (Lipinski definition) is 2. The minimum Gasteiger partial charge on any atom is -0.330 e. The molecule has 0 heterocycles. The molecule has 0 saturated heterocycles. The second-order valence-electron chi connectivity index (χ2n) is 4.59. The van der Waals surface area contributed by atoms with Crippen molar-refractivity contribution in [3.63, 3.8) is 0 Å². The highest BCUT2D eigenvalue weighted by Crippen LogP contribution is 2.40. The summed E-state index contributed by atoms with van der Waals surface area (Å²) in [6.07, 6.45) is 4.66. The zero-order valence-electron chi connectivity index (χ0n) is 9.66. The number of benzene rings is 1. The fourth-order valence-corrected chi connectivity index (χ4v) is 3.15. The maximum absolute atomic E-state index is 12.2. The third-order valence-corrected chi connectivity index (χ3v) is 4.37. The molecule has 0 aliphatic heterocycles. The molecule has 1 aromatic rings. The van der Waals surface area contributed by atoms with Crippen molar-refractivity contribution in [2.75, 3.05) is 6.54 Å². The Hall–Kier alpha value is -0.610. The minimum atomic E-state index is -2.35. The Morgan fingerprint density at radius 2 is 1.76 bits per heavy atom. The van der Waals surface area contributed by atoms with Crippen LogP contribution in [-0.4, -0.2) is 12.3 Å². The van der Waals surface area contributed by atoms with E-state index in [2.05, 4.69) is 0 Å². The molecule has 1 aromatic carbocycles. The number of thioether (sulfide) groups is 1. The molecule has 0 radical (unpaired) electrons. The van der Waals surface area contributed by atoms with Gasteiger partial charge in [0.25, 0.3) is 5.76 Å². The number of nitrogens with two attached hydrogens (primary N) is 1. The average Bonchev–Trinajstić information content (AvgIpc) is 2.79. The largest absolute Gasteiger partial charge is 0.330 e. The SMILES string of the molecule is NCC1(c2ccc(SC(F)F)cc2)CCCC1. The second-order valence-corrected chi connectivity index (χ2v) is 5.66. The van der Waals surface area contributed by atoms with Crippen molar-refractivity contribution in [3.05, 3.63) is 29.8 Å². The summed E-state index contributed by atoms with van der Waals surface area (Å²) in [6, 6.07) is 7.48. The van der Waals surface area contributed by atoms with Gasteiger partial charge in [-0.05, 0) is 30.5 Å². The molecule has 0 spiro atoms. The summed E-state index contributed by atoms with van der Waals surface area (Å²) in [5.74, 6) is -2.35. The van der Waals surface area contributed by atoms with Gasteiger partial charge >= 0.3 is 0 Å². The first kappa shape index (κ1) is 12.8. The van der Waals surface area contributed by atoms with E-state index >= 15 is 0 Å². The van der Waals surface area contributed by atoms with Gasteiger partial charge in [0.2, 0.25) is 0 Å². The molecule has 0 bridgehead atoms.